The zero-order valence-corrected chi connectivity index (χ0v) is 33.0. The number of carboxylic acid groups (broad SMARTS) is 2. The zero-order valence-electron chi connectivity index (χ0n) is 32.1. The molecule has 0 aromatic carbocycles. The Kier molecular flexibility index (Phi) is 54.3. The number of allylic oxidation sites excluding steroid dienone is 2. The Morgan fingerprint density at radius 3 is 1.30 bits per heavy atom. The van der Waals surface area contributed by atoms with Crippen molar-refractivity contribution in [1.29, 1.82) is 0 Å². The van der Waals surface area contributed by atoms with Crippen LogP contribution in [0.1, 0.15) is 187 Å². The van der Waals surface area contributed by atoms with Gasteiger partial charge in [0.2, 0.25) is 0 Å². The van der Waals surface area contributed by atoms with Crippen LogP contribution in [0.4, 0.5) is 0 Å². The molecule has 0 radical (unpaired) electrons. The van der Waals surface area contributed by atoms with Crippen LogP contribution in [0.15, 0.2) is 24.3 Å². The third-order valence-corrected chi connectivity index (χ3v) is 10.0. The second-order valence-corrected chi connectivity index (χ2v) is 15.5. The third-order valence-electron chi connectivity index (χ3n) is 8.97. The molecule has 0 aliphatic rings. The molecule has 0 rings (SSSR count). The number of carbonyl (C=O) groups excluding carboxylic acids is 2. The fourth-order valence-corrected chi connectivity index (χ4v) is 6.50. The molecule has 0 fully saturated rings. The van der Waals surface area contributed by atoms with Gasteiger partial charge in [-0.1, -0.05) is 115 Å². The third kappa shape index (κ3) is 43.4. The van der Waals surface area contributed by atoms with E-state index in [4.69, 9.17) is 19.7 Å². The predicted molar refractivity (Wildman–Crippen MR) is 233 cm³/mol. The molecule has 0 spiro atoms. The Balaban J connectivity index is -0.00000217. The molecule has 0 aromatic heterocycles. The van der Waals surface area contributed by atoms with Crippen molar-refractivity contribution in [1.82, 2.24) is 0 Å². The van der Waals surface area contributed by atoms with Crippen molar-refractivity contribution < 1.29 is 51.8 Å². The van der Waals surface area contributed by atoms with Crippen molar-refractivity contribution >= 4 is 152 Å². The van der Waals surface area contributed by atoms with Gasteiger partial charge in [0.05, 0.1) is 6.42 Å². The standard InChI is InChI=1S/C40H70O11S.4Na.4H/c1-3-5-7-21-27-34(28-23-17-13-9-11-15-19-25-31-37(41)42)50-39(45)33-36(52(47,48)49)40(46)51-35(29-22-8-6-4-2)30-24-18-14-10-12-16-20-26-32-38(43)44;;;;;;;;/h17-18,23-24,34-36H,3-16,19-22,25-33H2,1-2H3,(H,41,42)(H,43,44)(H,47,48,49);;;;;;;;/b23-17-,24-18-;;;;;;;;/t34-,35-,36?;;;;;;;;/m1......../s1. The molecule has 0 saturated carbocycles. The van der Waals surface area contributed by atoms with Crippen LogP contribution in [0.2, 0.25) is 0 Å². The summed E-state index contributed by atoms with van der Waals surface area (Å²) < 4.78 is 45.9. The summed E-state index contributed by atoms with van der Waals surface area (Å²) in [6, 6.07) is 0. The van der Waals surface area contributed by atoms with Crippen LogP contribution < -0.4 is 0 Å². The van der Waals surface area contributed by atoms with E-state index in [0.717, 1.165) is 116 Å². The van der Waals surface area contributed by atoms with E-state index in [-0.39, 0.29) is 131 Å². The van der Waals surface area contributed by atoms with Crippen molar-refractivity contribution in [3.05, 3.63) is 24.3 Å². The average Bonchev–Trinajstić information content (AvgIpc) is 3.07. The van der Waals surface area contributed by atoms with Crippen LogP contribution in [-0.2, 0) is 38.8 Å². The minimum atomic E-state index is -4.95. The molecule has 16 heteroatoms. The number of carbonyl (C=O) groups is 4. The average molecular weight is 855 g/mol. The summed E-state index contributed by atoms with van der Waals surface area (Å²) in [6.45, 7) is 4.19. The first-order valence-corrected chi connectivity index (χ1v) is 21.5. The summed E-state index contributed by atoms with van der Waals surface area (Å²) in [6.07, 6.45) is 26.6. The molecule has 0 bridgehead atoms. The topological polar surface area (TPSA) is 182 Å². The Labute approximate surface area is 427 Å². The van der Waals surface area contributed by atoms with Crippen LogP contribution in [0.5, 0.6) is 0 Å². The summed E-state index contributed by atoms with van der Waals surface area (Å²) in [5.74, 6) is -3.58. The summed E-state index contributed by atoms with van der Waals surface area (Å²) in [5, 5.41) is 15.4. The van der Waals surface area contributed by atoms with Crippen molar-refractivity contribution in [3.8, 4) is 0 Å². The van der Waals surface area contributed by atoms with Gasteiger partial charge < -0.3 is 19.7 Å². The first kappa shape index (κ1) is 66.4. The quantitative estimate of drug-likeness (QED) is 0.0189. The molecule has 3 N–H and O–H groups in total. The molecule has 56 heavy (non-hydrogen) atoms. The molecular formula is C40H74Na4O11S. The van der Waals surface area contributed by atoms with Gasteiger partial charge in [-0.2, -0.15) is 8.42 Å². The van der Waals surface area contributed by atoms with E-state index in [9.17, 15) is 32.1 Å². The number of carboxylic acids is 2. The van der Waals surface area contributed by atoms with E-state index in [1.807, 2.05) is 24.3 Å². The molecule has 0 aromatic rings. The Morgan fingerprint density at radius 2 is 0.911 bits per heavy atom. The zero-order chi connectivity index (χ0) is 38.9. The molecule has 0 amide bonds. The Hall–Kier alpha value is 1.27. The maximum absolute atomic E-state index is 13.2. The SMILES string of the molecule is CCCCCC[C@H](C/C=C\CCCCCCCC(=O)O)OC(=O)CC(C(=O)O[C@@H](C/C=C\CCCCCCCC(=O)O)CCCCCC)S(=O)(=O)O.[NaH].[NaH].[NaH].[NaH]. The van der Waals surface area contributed by atoms with Crippen LogP contribution in [0.3, 0.4) is 0 Å². The van der Waals surface area contributed by atoms with Crippen LogP contribution in [0.25, 0.3) is 0 Å². The predicted octanol–water partition coefficient (Wildman–Crippen LogP) is 7.33. The molecule has 1 unspecified atom stereocenters. The number of esters is 2. The first-order valence-electron chi connectivity index (χ1n) is 20.0. The number of rotatable bonds is 36. The van der Waals surface area contributed by atoms with E-state index in [2.05, 4.69) is 13.8 Å². The van der Waals surface area contributed by atoms with Gasteiger partial charge in [-0.15, -0.1) is 0 Å². The van der Waals surface area contributed by atoms with Gasteiger partial charge in [0.25, 0.3) is 10.1 Å². The number of unbranched alkanes of at least 4 members (excludes halogenated alkanes) is 16. The van der Waals surface area contributed by atoms with Gasteiger partial charge in [-0.25, -0.2) is 0 Å². The van der Waals surface area contributed by atoms with Gasteiger partial charge in [0.1, 0.15) is 12.2 Å². The van der Waals surface area contributed by atoms with Crippen LogP contribution >= 0.6 is 0 Å². The van der Waals surface area contributed by atoms with E-state index < -0.39 is 57.9 Å². The number of ether oxygens (including phenoxy) is 2. The van der Waals surface area contributed by atoms with Gasteiger partial charge in [0.15, 0.2) is 5.25 Å². The van der Waals surface area contributed by atoms with Crippen LogP contribution in [-0.4, -0.2) is 183 Å². The van der Waals surface area contributed by atoms with Gasteiger partial charge >= 0.3 is 142 Å². The van der Waals surface area contributed by atoms with E-state index in [1.165, 1.54) is 0 Å². The van der Waals surface area contributed by atoms with Crippen molar-refractivity contribution in [2.45, 2.75) is 205 Å². The van der Waals surface area contributed by atoms with E-state index >= 15 is 0 Å². The summed E-state index contributed by atoms with van der Waals surface area (Å²) in [5.41, 5.74) is 0. The van der Waals surface area contributed by atoms with Gasteiger partial charge in [-0.05, 0) is 64.2 Å². The number of hydrogen-bond acceptors (Lipinski definition) is 8. The summed E-state index contributed by atoms with van der Waals surface area (Å²) in [7, 11) is -4.95. The summed E-state index contributed by atoms with van der Waals surface area (Å²) in [4.78, 5) is 47.4. The molecule has 11 nitrogen and oxygen atoms in total. The Morgan fingerprint density at radius 1 is 0.536 bits per heavy atom. The van der Waals surface area contributed by atoms with Gasteiger partial charge in [-0.3, -0.25) is 23.7 Å². The van der Waals surface area contributed by atoms with Crippen molar-refractivity contribution in [2.24, 2.45) is 0 Å². The normalized spacial score (nSPS) is 12.7. The van der Waals surface area contributed by atoms with E-state index in [0.29, 0.717) is 38.5 Å². The fraction of sp³-hybridized carbons (Fsp3) is 0.800. The maximum atomic E-state index is 13.2. The van der Waals surface area contributed by atoms with Crippen LogP contribution in [0, 0.1) is 0 Å². The fourth-order valence-electron chi connectivity index (χ4n) is 5.85. The molecule has 0 heterocycles. The van der Waals surface area contributed by atoms with Gasteiger partial charge in [0, 0.05) is 25.7 Å². The minimum absolute atomic E-state index is 0. The molecule has 0 aliphatic heterocycles. The Bertz CT molecular complexity index is 1140. The second-order valence-electron chi connectivity index (χ2n) is 13.9. The summed E-state index contributed by atoms with van der Waals surface area (Å²) >= 11 is 0. The molecular weight excluding hydrogens is 780 g/mol. The molecule has 0 aliphatic carbocycles. The first-order chi connectivity index (χ1) is 24.9. The number of hydrogen-bond donors (Lipinski definition) is 3. The molecule has 0 saturated heterocycles. The van der Waals surface area contributed by atoms with E-state index in [1.54, 1.807) is 0 Å². The second kappa shape index (κ2) is 45.8. The molecule has 310 valence electrons. The monoisotopic (exact) mass is 854 g/mol. The molecule has 3 atom stereocenters. The van der Waals surface area contributed by atoms with Crippen molar-refractivity contribution in [3.63, 3.8) is 0 Å². The van der Waals surface area contributed by atoms with Crippen molar-refractivity contribution in [2.75, 3.05) is 0 Å². The number of aliphatic carboxylic acids is 2.